The molecule has 1 aromatic heterocycles. The maximum Gasteiger partial charge on any atom is 0.132 e. The van der Waals surface area contributed by atoms with E-state index in [9.17, 15) is 0 Å². The van der Waals surface area contributed by atoms with E-state index in [4.69, 9.17) is 16.3 Å². The summed E-state index contributed by atoms with van der Waals surface area (Å²) in [5.41, 5.74) is 2.15. The molecule has 1 atom stereocenters. The molecule has 21 heavy (non-hydrogen) atoms. The molecular weight excluding hydrogens is 286 g/mol. The van der Waals surface area contributed by atoms with E-state index in [1.54, 1.807) is 6.33 Å². The lowest BCUT2D eigenvalue weighted by molar-refractivity contribution is 0.193. The molecule has 2 aromatic rings. The Labute approximate surface area is 129 Å². The predicted octanol–water partition coefficient (Wildman–Crippen LogP) is 3.27. The summed E-state index contributed by atoms with van der Waals surface area (Å²) in [6, 6.07) is 9.93. The number of halogens is 1. The molecule has 1 aliphatic rings. The van der Waals surface area contributed by atoms with Gasteiger partial charge in [-0.2, -0.15) is 0 Å². The molecule has 4 nitrogen and oxygen atoms in total. The summed E-state index contributed by atoms with van der Waals surface area (Å²) in [6.45, 7) is 2.29. The van der Waals surface area contributed by atoms with Gasteiger partial charge in [0.15, 0.2) is 0 Å². The summed E-state index contributed by atoms with van der Waals surface area (Å²) in [5.74, 6) is 1.30. The summed E-state index contributed by atoms with van der Waals surface area (Å²) < 4.78 is 5.43. The quantitative estimate of drug-likeness (QED) is 0.869. The van der Waals surface area contributed by atoms with Crippen molar-refractivity contribution in [3.63, 3.8) is 0 Å². The largest absolute Gasteiger partial charge is 0.381 e. The summed E-state index contributed by atoms with van der Waals surface area (Å²) in [4.78, 5) is 10.8. The zero-order chi connectivity index (χ0) is 14.7. The average Bonchev–Trinajstić information content (AvgIpc) is 3.04. The van der Waals surface area contributed by atoms with Crippen LogP contribution < -0.4 is 4.90 Å². The van der Waals surface area contributed by atoms with Crippen LogP contribution in [-0.2, 0) is 11.3 Å². The second kappa shape index (κ2) is 6.41. The van der Waals surface area contributed by atoms with Crippen molar-refractivity contribution in [2.24, 2.45) is 0 Å². The molecule has 110 valence electrons. The first-order chi connectivity index (χ1) is 10.2. The van der Waals surface area contributed by atoms with Gasteiger partial charge in [0.25, 0.3) is 0 Å². The summed E-state index contributed by atoms with van der Waals surface area (Å²) in [5, 5.41) is 0.780. The van der Waals surface area contributed by atoms with Crippen molar-refractivity contribution in [2.45, 2.75) is 18.9 Å². The Morgan fingerprint density at radius 3 is 2.95 bits per heavy atom. The molecule has 0 N–H and O–H groups in total. The van der Waals surface area contributed by atoms with Crippen LogP contribution in [0.4, 0.5) is 5.82 Å². The van der Waals surface area contributed by atoms with Crippen LogP contribution in [0.5, 0.6) is 0 Å². The normalized spacial score (nSPS) is 17.9. The van der Waals surface area contributed by atoms with Crippen molar-refractivity contribution >= 4 is 17.4 Å². The molecule has 0 aliphatic carbocycles. The molecule has 0 bridgehead atoms. The van der Waals surface area contributed by atoms with E-state index in [0.717, 1.165) is 48.3 Å². The van der Waals surface area contributed by atoms with E-state index in [1.165, 1.54) is 0 Å². The Balaban J connectivity index is 1.76. The minimum absolute atomic E-state index is 0.389. The zero-order valence-electron chi connectivity index (χ0n) is 12.0. The van der Waals surface area contributed by atoms with Gasteiger partial charge in [-0.25, -0.2) is 9.97 Å². The van der Waals surface area contributed by atoms with Gasteiger partial charge in [-0.1, -0.05) is 29.8 Å². The molecule has 0 spiro atoms. The number of ether oxygens (including phenoxy) is 1. The van der Waals surface area contributed by atoms with Crippen molar-refractivity contribution in [2.75, 3.05) is 25.2 Å². The van der Waals surface area contributed by atoms with Gasteiger partial charge in [0.1, 0.15) is 12.1 Å². The third-order valence-corrected chi connectivity index (χ3v) is 4.15. The highest BCUT2D eigenvalue weighted by Crippen LogP contribution is 2.26. The molecule has 5 heteroatoms. The van der Waals surface area contributed by atoms with Crippen LogP contribution in [0.2, 0.25) is 5.02 Å². The van der Waals surface area contributed by atoms with Crippen LogP contribution in [0.3, 0.4) is 0 Å². The van der Waals surface area contributed by atoms with E-state index in [2.05, 4.69) is 20.9 Å². The molecule has 1 fully saturated rings. The SMILES string of the molecule is CN(Cc1ccccc1Cl)c1cc([C@H]2CCOC2)ncn1. The van der Waals surface area contributed by atoms with Gasteiger partial charge >= 0.3 is 0 Å². The topological polar surface area (TPSA) is 38.2 Å². The highest BCUT2D eigenvalue weighted by atomic mass is 35.5. The van der Waals surface area contributed by atoms with E-state index < -0.39 is 0 Å². The molecule has 2 heterocycles. The molecule has 0 unspecified atom stereocenters. The molecule has 3 rings (SSSR count). The molecule has 0 amide bonds. The van der Waals surface area contributed by atoms with Gasteiger partial charge < -0.3 is 9.64 Å². The fraction of sp³-hybridized carbons (Fsp3) is 0.375. The molecule has 0 radical (unpaired) electrons. The third kappa shape index (κ3) is 3.34. The van der Waals surface area contributed by atoms with Crippen molar-refractivity contribution in [1.29, 1.82) is 0 Å². The van der Waals surface area contributed by atoms with E-state index >= 15 is 0 Å². The Kier molecular flexibility index (Phi) is 4.36. The number of aromatic nitrogens is 2. The van der Waals surface area contributed by atoms with Gasteiger partial charge in [-0.05, 0) is 18.1 Å². The van der Waals surface area contributed by atoms with Crippen LogP contribution in [0, 0.1) is 0 Å². The predicted molar refractivity (Wildman–Crippen MR) is 83.8 cm³/mol. The van der Waals surface area contributed by atoms with E-state index in [-0.39, 0.29) is 0 Å². The lowest BCUT2D eigenvalue weighted by atomic mass is 10.0. The van der Waals surface area contributed by atoms with Crippen LogP contribution in [0.25, 0.3) is 0 Å². The number of hydrogen-bond acceptors (Lipinski definition) is 4. The Morgan fingerprint density at radius 1 is 1.33 bits per heavy atom. The molecule has 0 saturated carbocycles. The number of rotatable bonds is 4. The first kappa shape index (κ1) is 14.3. The van der Waals surface area contributed by atoms with Gasteiger partial charge in [0.2, 0.25) is 0 Å². The number of benzene rings is 1. The van der Waals surface area contributed by atoms with Crippen LogP contribution >= 0.6 is 11.6 Å². The molecule has 1 aliphatic heterocycles. The molecule has 1 saturated heterocycles. The Morgan fingerprint density at radius 2 is 2.19 bits per heavy atom. The fourth-order valence-electron chi connectivity index (χ4n) is 2.52. The van der Waals surface area contributed by atoms with Crippen LogP contribution in [0.1, 0.15) is 23.6 Å². The standard InChI is InChI=1S/C16H18ClN3O/c1-20(9-12-4-2-3-5-14(12)17)16-8-15(18-11-19-16)13-6-7-21-10-13/h2-5,8,11,13H,6-7,9-10H2,1H3/t13-/m0/s1. The lowest BCUT2D eigenvalue weighted by Crippen LogP contribution is -2.18. The van der Waals surface area contributed by atoms with E-state index in [1.807, 2.05) is 31.3 Å². The lowest BCUT2D eigenvalue weighted by Gasteiger charge is -2.20. The smallest absolute Gasteiger partial charge is 0.132 e. The molecule has 1 aromatic carbocycles. The third-order valence-electron chi connectivity index (χ3n) is 3.78. The first-order valence-electron chi connectivity index (χ1n) is 7.08. The summed E-state index contributed by atoms with van der Waals surface area (Å²) in [7, 11) is 2.01. The van der Waals surface area contributed by atoms with Gasteiger partial charge in [0.05, 0.1) is 12.3 Å². The van der Waals surface area contributed by atoms with Crippen LogP contribution in [0.15, 0.2) is 36.7 Å². The van der Waals surface area contributed by atoms with E-state index in [0.29, 0.717) is 5.92 Å². The summed E-state index contributed by atoms with van der Waals surface area (Å²) >= 11 is 6.21. The van der Waals surface area contributed by atoms with Crippen molar-refractivity contribution in [1.82, 2.24) is 9.97 Å². The van der Waals surface area contributed by atoms with Gasteiger partial charge in [-0.3, -0.25) is 0 Å². The first-order valence-corrected chi connectivity index (χ1v) is 7.46. The highest BCUT2D eigenvalue weighted by Gasteiger charge is 2.20. The zero-order valence-corrected chi connectivity index (χ0v) is 12.8. The minimum Gasteiger partial charge on any atom is -0.381 e. The number of hydrogen-bond donors (Lipinski definition) is 0. The van der Waals surface area contributed by atoms with Crippen LogP contribution in [-0.4, -0.2) is 30.2 Å². The second-order valence-corrected chi connectivity index (χ2v) is 5.72. The second-order valence-electron chi connectivity index (χ2n) is 5.31. The highest BCUT2D eigenvalue weighted by molar-refractivity contribution is 6.31. The number of nitrogens with zero attached hydrogens (tertiary/aromatic N) is 3. The van der Waals surface area contributed by atoms with Gasteiger partial charge in [-0.15, -0.1) is 0 Å². The number of anilines is 1. The minimum atomic E-state index is 0.389. The van der Waals surface area contributed by atoms with Gasteiger partial charge in [0, 0.05) is 37.2 Å². The summed E-state index contributed by atoms with van der Waals surface area (Å²) in [6.07, 6.45) is 2.66. The van der Waals surface area contributed by atoms with Crippen molar-refractivity contribution < 1.29 is 4.74 Å². The van der Waals surface area contributed by atoms with Crippen molar-refractivity contribution in [3.05, 3.63) is 52.9 Å². The molecular formula is C16H18ClN3O. The Bertz CT molecular complexity index is 614. The maximum atomic E-state index is 6.21. The average molecular weight is 304 g/mol. The maximum absolute atomic E-state index is 6.21. The van der Waals surface area contributed by atoms with Crippen molar-refractivity contribution in [3.8, 4) is 0 Å². The fourth-order valence-corrected chi connectivity index (χ4v) is 2.72. The Hall–Kier alpha value is -1.65. The monoisotopic (exact) mass is 303 g/mol.